The molecule has 1 saturated heterocycles. The molecule has 0 aromatic heterocycles. The summed E-state index contributed by atoms with van der Waals surface area (Å²) < 4.78 is 0.919. The molecule has 3 aromatic carbocycles. The van der Waals surface area contributed by atoms with E-state index in [0.29, 0.717) is 12.1 Å². The second-order valence-electron chi connectivity index (χ2n) is 8.65. The third kappa shape index (κ3) is 2.66. The Kier molecular flexibility index (Phi) is 4.12. The predicted molar refractivity (Wildman–Crippen MR) is 124 cm³/mol. The van der Waals surface area contributed by atoms with Crippen molar-refractivity contribution in [3.63, 3.8) is 0 Å². The van der Waals surface area contributed by atoms with Crippen LogP contribution in [0.5, 0.6) is 0 Å². The van der Waals surface area contributed by atoms with Crippen LogP contribution in [0.1, 0.15) is 35.6 Å². The standard InChI is InChI=1S/C26H21BrN2O2/c27-18-9-11-19(12-10-18)29-24(30)16-26(25(29)31)15-23-20-6-2-1-5-17(20)13-14-28(23)22-8-4-3-7-21(22)26/h1-12,23H,13-16H2. The van der Waals surface area contributed by atoms with Gasteiger partial charge in [-0.3, -0.25) is 9.59 Å². The Balaban J connectivity index is 1.51. The average Bonchev–Trinajstić information content (AvgIpc) is 3.04. The molecule has 3 heterocycles. The minimum Gasteiger partial charge on any atom is -0.364 e. The number of para-hydroxylation sites is 1. The molecule has 0 aliphatic carbocycles. The number of rotatable bonds is 1. The average molecular weight is 473 g/mol. The van der Waals surface area contributed by atoms with Gasteiger partial charge in [-0.15, -0.1) is 0 Å². The minimum atomic E-state index is -0.827. The van der Waals surface area contributed by atoms with Crippen molar-refractivity contribution in [3.8, 4) is 0 Å². The second kappa shape index (κ2) is 6.79. The first kappa shape index (κ1) is 18.8. The van der Waals surface area contributed by atoms with Gasteiger partial charge in [0.2, 0.25) is 11.8 Å². The van der Waals surface area contributed by atoms with Crippen LogP contribution < -0.4 is 9.80 Å². The number of carbonyl (C=O) groups excluding carboxylic acids is 2. The molecular weight excluding hydrogens is 452 g/mol. The second-order valence-corrected chi connectivity index (χ2v) is 9.56. The number of halogens is 1. The molecule has 0 saturated carbocycles. The molecule has 0 radical (unpaired) electrons. The van der Waals surface area contributed by atoms with Crippen LogP contribution in [0.15, 0.2) is 77.3 Å². The molecular formula is C26H21BrN2O2. The Morgan fingerprint density at radius 2 is 1.65 bits per heavy atom. The van der Waals surface area contributed by atoms with E-state index in [1.54, 1.807) is 0 Å². The van der Waals surface area contributed by atoms with Crippen LogP contribution in [0.4, 0.5) is 11.4 Å². The number of benzene rings is 3. The Hall–Kier alpha value is -2.92. The molecule has 1 fully saturated rings. The van der Waals surface area contributed by atoms with Crippen LogP contribution >= 0.6 is 15.9 Å². The van der Waals surface area contributed by atoms with Gasteiger partial charge in [-0.25, -0.2) is 4.90 Å². The SMILES string of the molecule is O=C1CC2(CC3c4ccccc4CCN3c3ccccc32)C(=O)N1c1ccc(Br)cc1. The van der Waals surface area contributed by atoms with E-state index in [0.717, 1.165) is 28.7 Å². The maximum absolute atomic E-state index is 14.0. The van der Waals surface area contributed by atoms with Gasteiger partial charge < -0.3 is 4.90 Å². The van der Waals surface area contributed by atoms with Gasteiger partial charge >= 0.3 is 0 Å². The third-order valence-corrected chi connectivity index (χ3v) is 7.61. The lowest BCUT2D eigenvalue weighted by Gasteiger charge is -2.48. The fourth-order valence-corrected chi connectivity index (χ4v) is 5.95. The van der Waals surface area contributed by atoms with Crippen molar-refractivity contribution >= 4 is 39.1 Å². The zero-order valence-electron chi connectivity index (χ0n) is 16.9. The van der Waals surface area contributed by atoms with Crippen molar-refractivity contribution in [2.24, 2.45) is 0 Å². The molecule has 3 aromatic rings. The van der Waals surface area contributed by atoms with Gasteiger partial charge in [0.15, 0.2) is 0 Å². The molecule has 3 aliphatic rings. The summed E-state index contributed by atoms with van der Waals surface area (Å²) in [5.74, 6) is -0.227. The van der Waals surface area contributed by atoms with Crippen LogP contribution in [0.2, 0.25) is 0 Å². The van der Waals surface area contributed by atoms with Crippen molar-refractivity contribution in [2.45, 2.75) is 30.7 Å². The molecule has 154 valence electrons. The van der Waals surface area contributed by atoms with Crippen molar-refractivity contribution in [1.82, 2.24) is 0 Å². The number of carbonyl (C=O) groups is 2. The van der Waals surface area contributed by atoms with Gasteiger partial charge in [0, 0.05) is 23.1 Å². The lowest BCUT2D eigenvalue weighted by Crippen LogP contribution is -2.49. The number of amides is 2. The molecule has 2 amide bonds. The molecule has 5 heteroatoms. The van der Waals surface area contributed by atoms with E-state index in [1.807, 2.05) is 42.5 Å². The maximum Gasteiger partial charge on any atom is 0.245 e. The van der Waals surface area contributed by atoms with E-state index in [1.165, 1.54) is 16.0 Å². The van der Waals surface area contributed by atoms with Gasteiger partial charge in [-0.1, -0.05) is 58.4 Å². The van der Waals surface area contributed by atoms with Crippen molar-refractivity contribution in [2.75, 3.05) is 16.3 Å². The fraction of sp³-hybridized carbons (Fsp3) is 0.231. The first-order chi connectivity index (χ1) is 15.1. The molecule has 6 rings (SSSR count). The topological polar surface area (TPSA) is 40.6 Å². The zero-order chi connectivity index (χ0) is 21.2. The molecule has 0 bridgehead atoms. The smallest absolute Gasteiger partial charge is 0.245 e. The molecule has 0 N–H and O–H groups in total. The third-order valence-electron chi connectivity index (χ3n) is 7.08. The molecule has 2 atom stereocenters. The van der Waals surface area contributed by atoms with Crippen molar-refractivity contribution in [3.05, 3.63) is 94.0 Å². The molecule has 31 heavy (non-hydrogen) atoms. The lowest BCUT2D eigenvalue weighted by atomic mass is 9.68. The van der Waals surface area contributed by atoms with E-state index in [4.69, 9.17) is 0 Å². The Labute approximate surface area is 189 Å². The monoisotopic (exact) mass is 472 g/mol. The summed E-state index contributed by atoms with van der Waals surface area (Å²) in [5.41, 5.74) is 4.52. The van der Waals surface area contributed by atoms with E-state index in [2.05, 4.69) is 51.2 Å². The highest BCUT2D eigenvalue weighted by molar-refractivity contribution is 9.10. The van der Waals surface area contributed by atoms with Crippen LogP contribution in [-0.2, 0) is 21.4 Å². The van der Waals surface area contributed by atoms with E-state index in [-0.39, 0.29) is 24.3 Å². The van der Waals surface area contributed by atoms with Gasteiger partial charge in [0.1, 0.15) is 0 Å². The Bertz CT molecular complexity index is 1220. The predicted octanol–water partition coefficient (Wildman–Crippen LogP) is 5.16. The maximum atomic E-state index is 14.0. The molecule has 3 aliphatic heterocycles. The number of nitrogens with zero attached hydrogens (tertiary/aromatic N) is 2. The number of hydrogen-bond acceptors (Lipinski definition) is 3. The Morgan fingerprint density at radius 3 is 2.48 bits per heavy atom. The highest BCUT2D eigenvalue weighted by Crippen LogP contribution is 2.54. The van der Waals surface area contributed by atoms with Gasteiger partial charge in [0.05, 0.1) is 17.1 Å². The molecule has 4 nitrogen and oxygen atoms in total. The number of imide groups is 1. The van der Waals surface area contributed by atoms with Crippen LogP contribution in [-0.4, -0.2) is 18.4 Å². The Morgan fingerprint density at radius 1 is 0.903 bits per heavy atom. The number of anilines is 2. The molecule has 1 spiro atoms. The van der Waals surface area contributed by atoms with Gasteiger partial charge in [-0.05, 0) is 59.9 Å². The van der Waals surface area contributed by atoms with Gasteiger partial charge in [-0.2, -0.15) is 0 Å². The van der Waals surface area contributed by atoms with Gasteiger partial charge in [0.25, 0.3) is 0 Å². The quantitative estimate of drug-likeness (QED) is 0.459. The van der Waals surface area contributed by atoms with Crippen LogP contribution in [0.25, 0.3) is 0 Å². The van der Waals surface area contributed by atoms with E-state index in [9.17, 15) is 9.59 Å². The first-order valence-corrected chi connectivity index (χ1v) is 11.4. The van der Waals surface area contributed by atoms with Crippen LogP contribution in [0, 0.1) is 0 Å². The van der Waals surface area contributed by atoms with Crippen molar-refractivity contribution in [1.29, 1.82) is 0 Å². The zero-order valence-corrected chi connectivity index (χ0v) is 18.5. The summed E-state index contributed by atoms with van der Waals surface area (Å²) in [6, 6.07) is 24.2. The summed E-state index contributed by atoms with van der Waals surface area (Å²) in [7, 11) is 0. The highest BCUT2D eigenvalue weighted by Gasteiger charge is 2.58. The largest absolute Gasteiger partial charge is 0.364 e. The first-order valence-electron chi connectivity index (χ1n) is 10.7. The normalized spacial score (nSPS) is 24.2. The van der Waals surface area contributed by atoms with Crippen LogP contribution in [0.3, 0.4) is 0 Å². The number of hydrogen-bond donors (Lipinski definition) is 0. The molecule has 2 unspecified atom stereocenters. The fourth-order valence-electron chi connectivity index (χ4n) is 5.69. The summed E-state index contributed by atoms with van der Waals surface area (Å²) in [5, 5.41) is 0. The summed E-state index contributed by atoms with van der Waals surface area (Å²) >= 11 is 3.44. The van der Waals surface area contributed by atoms with E-state index >= 15 is 0 Å². The highest BCUT2D eigenvalue weighted by atomic mass is 79.9. The minimum absolute atomic E-state index is 0.0986. The summed E-state index contributed by atoms with van der Waals surface area (Å²) in [4.78, 5) is 31.1. The van der Waals surface area contributed by atoms with Crippen molar-refractivity contribution < 1.29 is 9.59 Å². The van der Waals surface area contributed by atoms with E-state index < -0.39 is 5.41 Å². The summed E-state index contributed by atoms with van der Waals surface area (Å²) in [6.07, 6.45) is 1.83. The summed E-state index contributed by atoms with van der Waals surface area (Å²) in [6.45, 7) is 0.924. The number of fused-ring (bicyclic) bond motifs is 6. The lowest BCUT2D eigenvalue weighted by molar-refractivity contribution is -0.123.